The summed E-state index contributed by atoms with van der Waals surface area (Å²) >= 11 is 0. The van der Waals surface area contributed by atoms with Crippen LogP contribution >= 0.6 is 0 Å². The number of unbranched alkanes of at least 4 members (excludes halogenated alkanes) is 4. The van der Waals surface area contributed by atoms with Crippen LogP contribution in [0.4, 0.5) is 0 Å². The third kappa shape index (κ3) is 7.18. The normalized spacial score (nSPS) is 25.4. The zero-order valence-corrected chi connectivity index (χ0v) is 21.6. The van der Waals surface area contributed by atoms with E-state index in [0.29, 0.717) is 13.2 Å². The van der Waals surface area contributed by atoms with Gasteiger partial charge in [0.05, 0.1) is 19.3 Å². The predicted octanol–water partition coefficient (Wildman–Crippen LogP) is 9.24. The van der Waals surface area contributed by atoms with E-state index in [1.807, 2.05) is 0 Å². The van der Waals surface area contributed by atoms with Gasteiger partial charge >= 0.3 is 0 Å². The van der Waals surface area contributed by atoms with E-state index < -0.39 is 0 Å². The SMILES string of the molecule is CCCCCC[C@H]1CC[C@H](c2ccc(-c3ccc([C@@H]4CO[C@@H](CCCC)CO4)cc3)cc2)CC1. The van der Waals surface area contributed by atoms with E-state index in [2.05, 4.69) is 62.4 Å². The van der Waals surface area contributed by atoms with E-state index in [1.165, 1.54) is 92.9 Å². The minimum absolute atomic E-state index is 0.0658. The smallest absolute Gasteiger partial charge is 0.106 e. The molecule has 2 aromatic rings. The van der Waals surface area contributed by atoms with Gasteiger partial charge in [-0.1, -0.05) is 107 Å². The Bertz CT molecular complexity index is 809. The molecule has 2 atom stereocenters. The molecule has 2 aliphatic rings. The average Bonchev–Trinajstić information content (AvgIpc) is 2.91. The fourth-order valence-corrected chi connectivity index (χ4v) is 5.82. The number of benzene rings is 2. The second-order valence-corrected chi connectivity index (χ2v) is 10.7. The Morgan fingerprint density at radius 2 is 1.26 bits per heavy atom. The minimum Gasteiger partial charge on any atom is -0.373 e. The van der Waals surface area contributed by atoms with Crippen molar-refractivity contribution < 1.29 is 9.47 Å². The van der Waals surface area contributed by atoms with E-state index in [4.69, 9.17) is 9.47 Å². The van der Waals surface area contributed by atoms with Crippen LogP contribution in [0.1, 0.15) is 114 Å². The predicted molar refractivity (Wildman–Crippen MR) is 143 cm³/mol. The van der Waals surface area contributed by atoms with E-state index in [9.17, 15) is 0 Å². The van der Waals surface area contributed by atoms with E-state index in [-0.39, 0.29) is 12.2 Å². The van der Waals surface area contributed by atoms with Gasteiger partial charge < -0.3 is 9.47 Å². The fourth-order valence-electron chi connectivity index (χ4n) is 5.82. The van der Waals surface area contributed by atoms with Crippen molar-refractivity contribution in [2.45, 2.75) is 109 Å². The first-order chi connectivity index (χ1) is 16.8. The lowest BCUT2D eigenvalue weighted by molar-refractivity contribution is -0.137. The summed E-state index contributed by atoms with van der Waals surface area (Å²) in [4.78, 5) is 0. The Hall–Kier alpha value is -1.64. The average molecular weight is 463 g/mol. The highest BCUT2D eigenvalue weighted by Crippen LogP contribution is 2.38. The van der Waals surface area contributed by atoms with Crippen LogP contribution in [0, 0.1) is 5.92 Å². The zero-order valence-electron chi connectivity index (χ0n) is 21.6. The van der Waals surface area contributed by atoms with E-state index in [1.54, 1.807) is 0 Å². The van der Waals surface area contributed by atoms with Crippen molar-refractivity contribution in [2.75, 3.05) is 13.2 Å². The second kappa shape index (κ2) is 13.4. The molecule has 1 saturated carbocycles. The highest BCUT2D eigenvalue weighted by atomic mass is 16.6. The molecule has 1 heterocycles. The third-order valence-electron chi connectivity index (χ3n) is 8.16. The molecule has 1 aliphatic carbocycles. The topological polar surface area (TPSA) is 18.5 Å². The standard InChI is InChI=1S/C32H46O2/c1-3-5-7-8-9-25-11-13-26(14-12-25)27-15-17-28(18-16-27)29-19-21-30(22-20-29)32-24-33-31(23-34-32)10-6-4-2/h15-22,25-26,31-32H,3-14,23-24H2,1-2H3/t25-,26-,31-,32-/m0/s1. The molecule has 2 aromatic carbocycles. The largest absolute Gasteiger partial charge is 0.373 e. The van der Waals surface area contributed by atoms with Gasteiger partial charge in [-0.25, -0.2) is 0 Å². The lowest BCUT2D eigenvalue weighted by Gasteiger charge is -2.30. The first-order valence-electron chi connectivity index (χ1n) is 14.2. The summed E-state index contributed by atoms with van der Waals surface area (Å²) in [5.41, 5.74) is 5.35. The van der Waals surface area contributed by atoms with Crippen LogP contribution in [0.2, 0.25) is 0 Å². The minimum atomic E-state index is 0.0658. The summed E-state index contributed by atoms with van der Waals surface area (Å²) in [6, 6.07) is 18.3. The van der Waals surface area contributed by atoms with Crippen molar-refractivity contribution in [1.29, 1.82) is 0 Å². The van der Waals surface area contributed by atoms with Crippen molar-refractivity contribution in [1.82, 2.24) is 0 Å². The molecule has 0 bridgehead atoms. The molecule has 2 heteroatoms. The fraction of sp³-hybridized carbons (Fsp3) is 0.625. The molecule has 0 N–H and O–H groups in total. The van der Waals surface area contributed by atoms with Crippen molar-refractivity contribution in [3.8, 4) is 11.1 Å². The Morgan fingerprint density at radius 3 is 1.85 bits per heavy atom. The summed E-state index contributed by atoms with van der Waals surface area (Å²) in [7, 11) is 0. The Morgan fingerprint density at radius 1 is 0.618 bits per heavy atom. The van der Waals surface area contributed by atoms with Crippen LogP contribution in [0.25, 0.3) is 11.1 Å². The molecule has 2 nitrogen and oxygen atoms in total. The van der Waals surface area contributed by atoms with Gasteiger partial charge in [0.2, 0.25) is 0 Å². The lowest BCUT2D eigenvalue weighted by Crippen LogP contribution is -2.31. The van der Waals surface area contributed by atoms with Crippen molar-refractivity contribution in [3.63, 3.8) is 0 Å². The highest BCUT2D eigenvalue weighted by Gasteiger charge is 2.24. The molecule has 0 radical (unpaired) electrons. The second-order valence-electron chi connectivity index (χ2n) is 10.7. The summed E-state index contributed by atoms with van der Waals surface area (Å²) < 4.78 is 12.2. The first-order valence-corrected chi connectivity index (χ1v) is 14.2. The summed E-state index contributed by atoms with van der Waals surface area (Å²) in [5.74, 6) is 1.74. The zero-order chi connectivity index (χ0) is 23.6. The molecule has 1 saturated heterocycles. The highest BCUT2D eigenvalue weighted by molar-refractivity contribution is 5.64. The Balaban J connectivity index is 1.25. The Kier molecular flexibility index (Phi) is 10.1. The number of rotatable bonds is 11. The van der Waals surface area contributed by atoms with E-state index in [0.717, 1.165) is 18.3 Å². The third-order valence-corrected chi connectivity index (χ3v) is 8.16. The van der Waals surface area contributed by atoms with Gasteiger partial charge in [-0.3, -0.25) is 0 Å². The van der Waals surface area contributed by atoms with Crippen LogP contribution < -0.4 is 0 Å². The summed E-state index contributed by atoms with van der Waals surface area (Å²) in [6.07, 6.45) is 16.5. The van der Waals surface area contributed by atoms with Crippen LogP contribution in [0.15, 0.2) is 48.5 Å². The van der Waals surface area contributed by atoms with Crippen LogP contribution in [-0.2, 0) is 9.47 Å². The van der Waals surface area contributed by atoms with Crippen molar-refractivity contribution in [3.05, 3.63) is 59.7 Å². The van der Waals surface area contributed by atoms with Gasteiger partial charge in [0.25, 0.3) is 0 Å². The van der Waals surface area contributed by atoms with Crippen molar-refractivity contribution >= 4 is 0 Å². The van der Waals surface area contributed by atoms with Gasteiger partial charge in [-0.05, 0) is 66.2 Å². The maximum Gasteiger partial charge on any atom is 0.106 e. The van der Waals surface area contributed by atoms with Gasteiger partial charge in [0, 0.05) is 0 Å². The molecular weight excluding hydrogens is 416 g/mol. The maximum atomic E-state index is 6.12. The molecule has 2 fully saturated rings. The van der Waals surface area contributed by atoms with E-state index >= 15 is 0 Å². The van der Waals surface area contributed by atoms with Crippen molar-refractivity contribution in [2.24, 2.45) is 5.92 Å². The van der Waals surface area contributed by atoms with Gasteiger partial charge in [-0.15, -0.1) is 0 Å². The monoisotopic (exact) mass is 462 g/mol. The summed E-state index contributed by atoms with van der Waals surface area (Å²) in [5, 5.41) is 0. The quantitative estimate of drug-likeness (QED) is 0.310. The number of hydrogen-bond donors (Lipinski definition) is 0. The number of hydrogen-bond acceptors (Lipinski definition) is 2. The van der Waals surface area contributed by atoms with Gasteiger partial charge in [0.1, 0.15) is 6.10 Å². The molecule has 0 spiro atoms. The molecule has 0 unspecified atom stereocenters. The lowest BCUT2D eigenvalue weighted by atomic mass is 9.77. The van der Waals surface area contributed by atoms with Crippen LogP contribution in [0.3, 0.4) is 0 Å². The molecular formula is C32H46O2. The molecule has 34 heavy (non-hydrogen) atoms. The van der Waals surface area contributed by atoms with Gasteiger partial charge in [-0.2, -0.15) is 0 Å². The summed E-state index contributed by atoms with van der Waals surface area (Å²) in [6.45, 7) is 5.91. The first kappa shape index (κ1) is 25.5. The van der Waals surface area contributed by atoms with Crippen LogP contribution in [0.5, 0.6) is 0 Å². The number of ether oxygens (including phenoxy) is 2. The molecule has 0 amide bonds. The molecule has 4 rings (SSSR count). The molecule has 186 valence electrons. The van der Waals surface area contributed by atoms with Gasteiger partial charge in [0.15, 0.2) is 0 Å². The molecule has 0 aromatic heterocycles. The Labute approximate surface area is 208 Å². The maximum absolute atomic E-state index is 6.12. The molecule has 1 aliphatic heterocycles. The van der Waals surface area contributed by atoms with Crippen LogP contribution in [-0.4, -0.2) is 19.3 Å².